The van der Waals surface area contributed by atoms with Crippen LogP contribution in [0.1, 0.15) is 16.1 Å². The zero-order valence-corrected chi connectivity index (χ0v) is 6.51. The molecule has 11 heavy (non-hydrogen) atoms. The van der Waals surface area contributed by atoms with E-state index in [-0.39, 0.29) is 5.69 Å². The van der Waals surface area contributed by atoms with E-state index in [9.17, 15) is 4.79 Å². The number of carbonyl (C=O) groups is 1. The number of aromatic nitrogens is 1. The van der Waals surface area contributed by atoms with E-state index in [0.717, 1.165) is 5.56 Å². The second kappa shape index (κ2) is 3.34. The lowest BCUT2D eigenvalue weighted by Gasteiger charge is -1.95. The summed E-state index contributed by atoms with van der Waals surface area (Å²) >= 11 is 5.50. The lowest BCUT2D eigenvalue weighted by molar-refractivity contribution is 0.0995. The first-order valence-electron chi connectivity index (χ1n) is 3.04. The molecule has 4 heteroatoms. The Morgan fingerprint density at radius 1 is 1.64 bits per heavy atom. The second-order valence-electron chi connectivity index (χ2n) is 2.05. The van der Waals surface area contributed by atoms with Crippen LogP contribution in [-0.2, 0) is 5.88 Å². The minimum absolute atomic E-state index is 0.263. The van der Waals surface area contributed by atoms with E-state index in [0.29, 0.717) is 5.88 Å². The van der Waals surface area contributed by atoms with Crippen LogP contribution >= 0.6 is 11.6 Å². The van der Waals surface area contributed by atoms with Gasteiger partial charge in [0.2, 0.25) is 0 Å². The summed E-state index contributed by atoms with van der Waals surface area (Å²) in [6, 6.07) is 3.28. The van der Waals surface area contributed by atoms with Crippen molar-refractivity contribution in [2.24, 2.45) is 5.73 Å². The number of hydrogen-bond acceptors (Lipinski definition) is 2. The van der Waals surface area contributed by atoms with Crippen LogP contribution in [-0.4, -0.2) is 10.9 Å². The fourth-order valence-corrected chi connectivity index (χ4v) is 0.807. The van der Waals surface area contributed by atoms with Crippen molar-refractivity contribution in [2.45, 2.75) is 5.88 Å². The third-order valence-corrected chi connectivity index (χ3v) is 1.54. The highest BCUT2D eigenvalue weighted by Gasteiger charge is 1.99. The number of rotatable bonds is 2. The van der Waals surface area contributed by atoms with Gasteiger partial charge in [-0.25, -0.2) is 0 Å². The number of carbonyl (C=O) groups excluding carboxylic acids is 1. The molecule has 1 amide bonds. The lowest BCUT2D eigenvalue weighted by Crippen LogP contribution is -2.12. The molecule has 0 aliphatic heterocycles. The van der Waals surface area contributed by atoms with Gasteiger partial charge in [0.25, 0.3) is 5.91 Å². The molecule has 2 N–H and O–H groups in total. The van der Waals surface area contributed by atoms with Gasteiger partial charge in [-0.15, -0.1) is 11.6 Å². The van der Waals surface area contributed by atoms with Gasteiger partial charge in [0.15, 0.2) is 0 Å². The zero-order chi connectivity index (χ0) is 8.27. The fraction of sp³-hybridized carbons (Fsp3) is 0.143. The van der Waals surface area contributed by atoms with Gasteiger partial charge in [0, 0.05) is 12.1 Å². The molecular weight excluding hydrogens is 164 g/mol. The molecule has 0 aliphatic carbocycles. The van der Waals surface area contributed by atoms with Crippen LogP contribution in [0.5, 0.6) is 0 Å². The summed E-state index contributed by atoms with van der Waals surface area (Å²) in [6.07, 6.45) is 1.53. The Bertz CT molecular complexity index is 258. The first-order chi connectivity index (χ1) is 5.24. The molecule has 0 atom stereocenters. The summed E-state index contributed by atoms with van der Waals surface area (Å²) in [7, 11) is 0. The molecule has 0 radical (unpaired) electrons. The molecule has 58 valence electrons. The minimum Gasteiger partial charge on any atom is -0.364 e. The molecule has 0 fully saturated rings. The number of hydrogen-bond donors (Lipinski definition) is 1. The van der Waals surface area contributed by atoms with Gasteiger partial charge >= 0.3 is 0 Å². The number of alkyl halides is 1. The average Bonchev–Trinajstić information content (AvgIpc) is 2.05. The van der Waals surface area contributed by atoms with E-state index in [1.807, 2.05) is 0 Å². The van der Waals surface area contributed by atoms with Crippen LogP contribution in [0.15, 0.2) is 18.3 Å². The average molecular weight is 171 g/mol. The molecule has 3 nitrogen and oxygen atoms in total. The highest BCUT2D eigenvalue weighted by atomic mass is 35.5. The smallest absolute Gasteiger partial charge is 0.267 e. The second-order valence-corrected chi connectivity index (χ2v) is 2.32. The van der Waals surface area contributed by atoms with E-state index >= 15 is 0 Å². The maximum atomic E-state index is 10.5. The molecule has 0 bridgehead atoms. The van der Waals surface area contributed by atoms with Crippen molar-refractivity contribution in [3.63, 3.8) is 0 Å². The van der Waals surface area contributed by atoms with Gasteiger partial charge in [0.05, 0.1) is 0 Å². The number of pyridine rings is 1. The number of nitrogens with two attached hydrogens (primary N) is 1. The Labute approximate surface area is 69.2 Å². The number of nitrogens with zero attached hydrogens (tertiary/aromatic N) is 1. The van der Waals surface area contributed by atoms with Crippen LogP contribution in [0.25, 0.3) is 0 Å². The molecule has 1 aromatic heterocycles. The van der Waals surface area contributed by atoms with Crippen molar-refractivity contribution in [3.8, 4) is 0 Å². The Morgan fingerprint density at radius 2 is 2.36 bits per heavy atom. The maximum Gasteiger partial charge on any atom is 0.267 e. The topological polar surface area (TPSA) is 56.0 Å². The van der Waals surface area contributed by atoms with Gasteiger partial charge in [-0.2, -0.15) is 0 Å². The van der Waals surface area contributed by atoms with Crippen molar-refractivity contribution in [1.29, 1.82) is 0 Å². The predicted molar refractivity (Wildman–Crippen MR) is 42.3 cm³/mol. The highest BCUT2D eigenvalue weighted by molar-refractivity contribution is 6.17. The van der Waals surface area contributed by atoms with E-state index in [1.165, 1.54) is 6.20 Å². The summed E-state index contributed by atoms with van der Waals surface area (Å²) in [4.78, 5) is 14.3. The van der Waals surface area contributed by atoms with Crippen molar-refractivity contribution in [3.05, 3.63) is 29.6 Å². The molecule has 1 heterocycles. The van der Waals surface area contributed by atoms with Crippen molar-refractivity contribution in [1.82, 2.24) is 4.98 Å². The van der Waals surface area contributed by atoms with Crippen LogP contribution in [0.2, 0.25) is 0 Å². The fourth-order valence-electron chi connectivity index (χ4n) is 0.649. The SMILES string of the molecule is NC(=O)c1ccc(CCl)cn1. The summed E-state index contributed by atoms with van der Waals surface area (Å²) in [6.45, 7) is 0. The van der Waals surface area contributed by atoms with Crippen LogP contribution in [0.4, 0.5) is 0 Å². The molecular formula is C7H7ClN2O. The first kappa shape index (κ1) is 8.01. The van der Waals surface area contributed by atoms with Crippen LogP contribution < -0.4 is 5.73 Å². The van der Waals surface area contributed by atoms with Crippen molar-refractivity contribution < 1.29 is 4.79 Å². The van der Waals surface area contributed by atoms with E-state index in [2.05, 4.69) is 4.98 Å². The first-order valence-corrected chi connectivity index (χ1v) is 3.58. The van der Waals surface area contributed by atoms with Crippen LogP contribution in [0, 0.1) is 0 Å². The molecule has 0 spiro atoms. The monoisotopic (exact) mass is 170 g/mol. The third kappa shape index (κ3) is 1.91. The Balaban J connectivity index is 2.91. The quantitative estimate of drug-likeness (QED) is 0.671. The minimum atomic E-state index is -0.522. The number of halogens is 1. The Hall–Kier alpha value is -1.09. The molecule has 0 unspecified atom stereocenters. The van der Waals surface area contributed by atoms with Crippen molar-refractivity contribution >= 4 is 17.5 Å². The molecule has 0 aliphatic rings. The Morgan fingerprint density at radius 3 is 2.73 bits per heavy atom. The Kier molecular flexibility index (Phi) is 2.44. The molecule has 1 aromatic rings. The molecule has 0 aromatic carbocycles. The van der Waals surface area contributed by atoms with Gasteiger partial charge < -0.3 is 5.73 Å². The predicted octanol–water partition coefficient (Wildman–Crippen LogP) is 0.919. The summed E-state index contributed by atoms with van der Waals surface area (Å²) in [5.74, 6) is -0.127. The maximum absolute atomic E-state index is 10.5. The molecule has 1 rings (SSSR count). The molecule has 0 saturated heterocycles. The number of primary amides is 1. The van der Waals surface area contributed by atoms with E-state index < -0.39 is 5.91 Å². The summed E-state index contributed by atoms with van der Waals surface area (Å²) < 4.78 is 0. The van der Waals surface area contributed by atoms with Gasteiger partial charge in [-0.3, -0.25) is 9.78 Å². The van der Waals surface area contributed by atoms with Gasteiger partial charge in [-0.05, 0) is 11.6 Å². The number of amides is 1. The highest BCUT2D eigenvalue weighted by Crippen LogP contribution is 2.02. The third-order valence-electron chi connectivity index (χ3n) is 1.23. The van der Waals surface area contributed by atoms with Crippen LogP contribution in [0.3, 0.4) is 0 Å². The van der Waals surface area contributed by atoms with Gasteiger partial charge in [0.1, 0.15) is 5.69 Å². The van der Waals surface area contributed by atoms with Gasteiger partial charge in [-0.1, -0.05) is 6.07 Å². The standard InChI is InChI=1S/C7H7ClN2O/c8-3-5-1-2-6(7(9)11)10-4-5/h1-2,4H,3H2,(H2,9,11). The normalized spacial score (nSPS) is 9.55. The van der Waals surface area contributed by atoms with Crippen molar-refractivity contribution in [2.75, 3.05) is 0 Å². The van der Waals surface area contributed by atoms with E-state index in [4.69, 9.17) is 17.3 Å². The summed E-state index contributed by atoms with van der Waals surface area (Å²) in [5.41, 5.74) is 6.11. The zero-order valence-electron chi connectivity index (χ0n) is 5.75. The lowest BCUT2D eigenvalue weighted by atomic mass is 10.3. The largest absolute Gasteiger partial charge is 0.364 e. The summed E-state index contributed by atoms with van der Waals surface area (Å²) in [5, 5.41) is 0. The van der Waals surface area contributed by atoms with E-state index in [1.54, 1.807) is 12.1 Å². The molecule has 0 saturated carbocycles.